The fraction of sp³-hybridized carbons (Fsp3) is 0.435. The Kier molecular flexibility index (Phi) is 6.28. The Labute approximate surface area is 195 Å². The fourth-order valence-electron chi connectivity index (χ4n) is 5.20. The van der Waals surface area contributed by atoms with Crippen molar-refractivity contribution in [1.29, 1.82) is 0 Å². The fourth-order valence-corrected chi connectivity index (χ4v) is 8.05. The van der Waals surface area contributed by atoms with E-state index in [0.29, 0.717) is 12.8 Å². The van der Waals surface area contributed by atoms with E-state index in [9.17, 15) is 32.2 Å². The minimum Gasteiger partial charge on any atom is -0.390 e. The number of carbonyl (C=O) groups excluding carboxylic acids is 1. The smallest absolute Gasteiger partial charge is 0.255 e. The summed E-state index contributed by atoms with van der Waals surface area (Å²) in [7, 11) is -3.96. The molecule has 5 atom stereocenters. The largest absolute Gasteiger partial charge is 0.390 e. The van der Waals surface area contributed by atoms with E-state index in [4.69, 9.17) is 11.6 Å². The molecule has 1 amide bonds. The summed E-state index contributed by atoms with van der Waals surface area (Å²) >= 11 is 6.23. The van der Waals surface area contributed by atoms with Crippen LogP contribution in [-0.4, -0.2) is 41.5 Å². The molecule has 2 aliphatic rings. The third kappa shape index (κ3) is 4.39. The monoisotopic (exact) mass is 499 g/mol. The standard InChI is InChI=1S/C23H24ClF2NO5S/c1-12(28)23(30)10-14-2-3-15(11-23)21(14)33(31,32)20-8-13(4-6-17(20)24)22(29)27-16-5-7-18(25)19(26)9-16/h4-9,12,14-15,21,28,30H,2-3,10-11H2,1H3,(H,27,29)/t12?,14-,15?,21?,23?/m0/s1. The second-order valence-electron chi connectivity index (χ2n) is 9.02. The van der Waals surface area contributed by atoms with Gasteiger partial charge in [0.2, 0.25) is 0 Å². The Morgan fingerprint density at radius 1 is 1.12 bits per heavy atom. The van der Waals surface area contributed by atoms with Crippen LogP contribution in [0.25, 0.3) is 0 Å². The molecule has 3 N–H and O–H groups in total. The highest BCUT2D eigenvalue weighted by Gasteiger charge is 2.55. The highest BCUT2D eigenvalue weighted by atomic mass is 35.5. The minimum atomic E-state index is -3.96. The number of fused-ring (bicyclic) bond motifs is 2. The van der Waals surface area contributed by atoms with E-state index in [1.807, 2.05) is 0 Å². The van der Waals surface area contributed by atoms with Crippen molar-refractivity contribution >= 4 is 33.0 Å². The molecule has 4 rings (SSSR count). The zero-order chi connectivity index (χ0) is 24.1. The molecule has 2 aliphatic carbocycles. The third-order valence-corrected chi connectivity index (χ3v) is 9.76. The van der Waals surface area contributed by atoms with Crippen LogP contribution in [-0.2, 0) is 9.84 Å². The van der Waals surface area contributed by atoms with E-state index in [1.165, 1.54) is 31.2 Å². The van der Waals surface area contributed by atoms with E-state index >= 15 is 0 Å². The Balaban J connectivity index is 1.62. The highest BCUT2D eigenvalue weighted by Crippen LogP contribution is 2.52. The third-order valence-electron chi connectivity index (χ3n) is 6.88. The van der Waals surface area contributed by atoms with Gasteiger partial charge in [-0.15, -0.1) is 0 Å². The molecule has 0 aromatic heterocycles. The van der Waals surface area contributed by atoms with Gasteiger partial charge < -0.3 is 15.5 Å². The summed E-state index contributed by atoms with van der Waals surface area (Å²) in [6.07, 6.45) is 0.573. The van der Waals surface area contributed by atoms with Gasteiger partial charge in [-0.25, -0.2) is 17.2 Å². The number of aliphatic hydroxyl groups is 2. The maximum absolute atomic E-state index is 13.6. The van der Waals surface area contributed by atoms with Crippen molar-refractivity contribution in [2.45, 2.75) is 54.5 Å². The molecule has 2 saturated carbocycles. The van der Waals surface area contributed by atoms with Gasteiger partial charge in [0.1, 0.15) is 0 Å². The van der Waals surface area contributed by atoms with Gasteiger partial charge in [0.25, 0.3) is 5.91 Å². The molecule has 2 aromatic carbocycles. The zero-order valence-corrected chi connectivity index (χ0v) is 19.3. The van der Waals surface area contributed by atoms with Gasteiger partial charge in [0.15, 0.2) is 21.5 Å². The number of hydrogen-bond acceptors (Lipinski definition) is 5. The number of nitrogens with one attached hydrogen (secondary N) is 1. The van der Waals surface area contributed by atoms with Gasteiger partial charge in [-0.3, -0.25) is 4.79 Å². The van der Waals surface area contributed by atoms with Crippen LogP contribution in [0.3, 0.4) is 0 Å². The molecular weight excluding hydrogens is 476 g/mol. The lowest BCUT2D eigenvalue weighted by Crippen LogP contribution is -2.51. The quantitative estimate of drug-likeness (QED) is 0.578. The lowest BCUT2D eigenvalue weighted by atomic mass is 9.74. The average Bonchev–Trinajstić information content (AvgIpc) is 3.04. The van der Waals surface area contributed by atoms with Crippen LogP contribution in [0.1, 0.15) is 43.0 Å². The lowest BCUT2D eigenvalue weighted by Gasteiger charge is -2.42. The summed E-state index contributed by atoms with van der Waals surface area (Å²) in [5.41, 5.74) is -1.32. The van der Waals surface area contributed by atoms with Crippen LogP contribution in [0.4, 0.5) is 14.5 Å². The van der Waals surface area contributed by atoms with Crippen LogP contribution in [0.5, 0.6) is 0 Å². The molecule has 0 spiro atoms. The molecule has 0 saturated heterocycles. The van der Waals surface area contributed by atoms with Crippen molar-refractivity contribution in [1.82, 2.24) is 0 Å². The number of carbonyl (C=O) groups is 1. The maximum atomic E-state index is 13.6. The Morgan fingerprint density at radius 3 is 2.33 bits per heavy atom. The Bertz CT molecular complexity index is 1190. The van der Waals surface area contributed by atoms with Gasteiger partial charge >= 0.3 is 0 Å². The number of anilines is 1. The number of rotatable bonds is 5. The summed E-state index contributed by atoms with van der Waals surface area (Å²) in [6.45, 7) is 1.50. The van der Waals surface area contributed by atoms with E-state index in [0.717, 1.165) is 12.1 Å². The second-order valence-corrected chi connectivity index (χ2v) is 11.5. The first kappa shape index (κ1) is 24.1. The van der Waals surface area contributed by atoms with Crippen LogP contribution >= 0.6 is 11.6 Å². The van der Waals surface area contributed by atoms with Gasteiger partial charge in [-0.2, -0.15) is 0 Å². The number of hydrogen-bond donors (Lipinski definition) is 3. The van der Waals surface area contributed by atoms with E-state index in [-0.39, 0.29) is 45.8 Å². The summed E-state index contributed by atoms with van der Waals surface area (Å²) in [5, 5.41) is 22.4. The first-order valence-electron chi connectivity index (χ1n) is 10.6. The predicted molar refractivity (Wildman–Crippen MR) is 119 cm³/mol. The highest BCUT2D eigenvalue weighted by molar-refractivity contribution is 7.92. The molecule has 33 heavy (non-hydrogen) atoms. The molecule has 0 radical (unpaired) electrons. The number of sulfone groups is 1. The first-order chi connectivity index (χ1) is 15.4. The number of aliphatic hydroxyl groups excluding tert-OH is 1. The van der Waals surface area contributed by atoms with Gasteiger partial charge in [-0.05, 0) is 74.8 Å². The second kappa shape index (κ2) is 8.61. The summed E-state index contributed by atoms with van der Waals surface area (Å²) in [5.74, 6) is -3.58. The van der Waals surface area contributed by atoms with Crippen molar-refractivity contribution in [3.8, 4) is 0 Å². The molecule has 0 aliphatic heterocycles. The lowest BCUT2D eigenvalue weighted by molar-refractivity contribution is -0.103. The maximum Gasteiger partial charge on any atom is 0.255 e. The molecule has 4 unspecified atom stereocenters. The van der Waals surface area contributed by atoms with Crippen LogP contribution < -0.4 is 5.32 Å². The molecule has 2 fully saturated rings. The normalized spacial score (nSPS) is 27.9. The van der Waals surface area contributed by atoms with Gasteiger partial charge in [0.05, 0.1) is 26.9 Å². The van der Waals surface area contributed by atoms with Crippen molar-refractivity contribution in [2.75, 3.05) is 5.32 Å². The molecule has 6 nitrogen and oxygen atoms in total. The van der Waals surface area contributed by atoms with E-state index in [1.54, 1.807) is 0 Å². The Morgan fingerprint density at radius 2 is 1.76 bits per heavy atom. The van der Waals surface area contributed by atoms with Crippen molar-refractivity contribution in [3.63, 3.8) is 0 Å². The zero-order valence-electron chi connectivity index (χ0n) is 17.8. The summed E-state index contributed by atoms with van der Waals surface area (Å²) in [6, 6.07) is 6.72. The minimum absolute atomic E-state index is 0.00801. The van der Waals surface area contributed by atoms with Crippen molar-refractivity contribution in [2.24, 2.45) is 11.8 Å². The molecule has 10 heteroatoms. The van der Waals surface area contributed by atoms with Crippen LogP contribution in [0, 0.1) is 23.5 Å². The first-order valence-corrected chi connectivity index (χ1v) is 12.5. The number of halogens is 3. The average molecular weight is 500 g/mol. The molecule has 0 heterocycles. The number of benzene rings is 2. The topological polar surface area (TPSA) is 104 Å². The molecule has 178 valence electrons. The molecular formula is C23H24ClF2NO5S. The molecule has 2 bridgehead atoms. The van der Waals surface area contributed by atoms with Crippen LogP contribution in [0.15, 0.2) is 41.3 Å². The predicted octanol–water partition coefficient (Wildman–Crippen LogP) is 3.94. The van der Waals surface area contributed by atoms with E-state index in [2.05, 4.69) is 5.32 Å². The van der Waals surface area contributed by atoms with Crippen molar-refractivity contribution in [3.05, 3.63) is 58.6 Å². The van der Waals surface area contributed by atoms with Crippen LogP contribution in [0.2, 0.25) is 5.02 Å². The molecule has 2 aromatic rings. The summed E-state index contributed by atoms with van der Waals surface area (Å²) < 4.78 is 53.8. The number of amides is 1. The van der Waals surface area contributed by atoms with Gasteiger partial charge in [-0.1, -0.05) is 11.6 Å². The van der Waals surface area contributed by atoms with Gasteiger partial charge in [0, 0.05) is 17.3 Å². The van der Waals surface area contributed by atoms with Crippen molar-refractivity contribution < 1.29 is 32.2 Å². The summed E-state index contributed by atoms with van der Waals surface area (Å²) in [4.78, 5) is 12.5. The van der Waals surface area contributed by atoms with E-state index < -0.39 is 44.3 Å². The SMILES string of the molecule is CC(O)C1(O)CC2CC[C@@H](C1)C2S(=O)(=O)c1cc(C(=O)Nc2ccc(F)c(F)c2)ccc1Cl. The Hall–Kier alpha value is -2.07.